The van der Waals surface area contributed by atoms with Gasteiger partial charge in [0.1, 0.15) is 0 Å². The number of allylic oxidation sites excluding steroid dienone is 1. The molecule has 0 amide bonds. The van der Waals surface area contributed by atoms with E-state index in [-0.39, 0.29) is 0 Å². The summed E-state index contributed by atoms with van der Waals surface area (Å²) in [6.45, 7) is 9.84. The molecular formula is C12H24O. The second kappa shape index (κ2) is 9.79. The minimum absolute atomic E-state index is 0.850. The second-order valence-corrected chi connectivity index (χ2v) is 3.48. The molecule has 0 aromatic carbocycles. The highest BCUT2D eigenvalue weighted by Gasteiger charge is 2.04. The predicted octanol–water partition coefficient (Wildman–Crippen LogP) is 3.80. The van der Waals surface area contributed by atoms with Crippen LogP contribution in [0.2, 0.25) is 0 Å². The van der Waals surface area contributed by atoms with E-state index in [4.69, 9.17) is 4.74 Å². The lowest BCUT2D eigenvalue weighted by molar-refractivity contribution is 0.129. The van der Waals surface area contributed by atoms with E-state index >= 15 is 0 Å². The molecule has 0 aliphatic carbocycles. The van der Waals surface area contributed by atoms with Crippen LogP contribution in [0, 0.1) is 5.92 Å². The van der Waals surface area contributed by atoms with Crippen molar-refractivity contribution in [3.8, 4) is 0 Å². The van der Waals surface area contributed by atoms with Crippen molar-refractivity contribution in [3.05, 3.63) is 12.7 Å². The monoisotopic (exact) mass is 184 g/mol. The Bertz CT molecular complexity index is 110. The van der Waals surface area contributed by atoms with Gasteiger partial charge in [0.25, 0.3) is 0 Å². The van der Waals surface area contributed by atoms with E-state index < -0.39 is 0 Å². The largest absolute Gasteiger partial charge is 0.382 e. The molecule has 1 unspecified atom stereocenters. The molecule has 0 rings (SSSR count). The van der Waals surface area contributed by atoms with E-state index in [0.29, 0.717) is 0 Å². The van der Waals surface area contributed by atoms with E-state index in [1.54, 1.807) is 0 Å². The molecule has 0 fully saturated rings. The Morgan fingerprint density at radius 1 is 1.31 bits per heavy atom. The van der Waals surface area contributed by atoms with Gasteiger partial charge >= 0.3 is 0 Å². The minimum atomic E-state index is 0.850. The van der Waals surface area contributed by atoms with Gasteiger partial charge < -0.3 is 4.74 Å². The van der Waals surface area contributed by atoms with Gasteiger partial charge in [0, 0.05) is 13.2 Å². The van der Waals surface area contributed by atoms with Crippen molar-refractivity contribution in [1.29, 1.82) is 0 Å². The van der Waals surface area contributed by atoms with Crippen LogP contribution in [0.4, 0.5) is 0 Å². The van der Waals surface area contributed by atoms with Crippen LogP contribution in [0.5, 0.6) is 0 Å². The van der Waals surface area contributed by atoms with Gasteiger partial charge in [0.2, 0.25) is 0 Å². The van der Waals surface area contributed by atoms with Crippen molar-refractivity contribution in [2.75, 3.05) is 13.2 Å². The van der Waals surface area contributed by atoms with Crippen molar-refractivity contribution in [1.82, 2.24) is 0 Å². The topological polar surface area (TPSA) is 9.23 Å². The van der Waals surface area contributed by atoms with Crippen LogP contribution in [0.1, 0.15) is 46.0 Å². The highest BCUT2D eigenvalue weighted by molar-refractivity contribution is 4.67. The lowest BCUT2D eigenvalue weighted by Crippen LogP contribution is -2.04. The number of rotatable bonds is 9. The number of hydrogen-bond acceptors (Lipinski definition) is 1. The molecule has 0 N–H and O–H groups in total. The molecule has 0 radical (unpaired) electrons. The summed E-state index contributed by atoms with van der Waals surface area (Å²) in [5.74, 6) is 0.853. The highest BCUT2D eigenvalue weighted by Crippen LogP contribution is 2.16. The Balaban J connectivity index is 3.33. The molecule has 78 valence electrons. The summed E-state index contributed by atoms with van der Waals surface area (Å²) in [4.78, 5) is 0. The normalized spacial score (nSPS) is 12.8. The molecule has 1 atom stereocenters. The fourth-order valence-corrected chi connectivity index (χ4v) is 1.50. The van der Waals surface area contributed by atoms with Gasteiger partial charge in [0.15, 0.2) is 0 Å². The fraction of sp³-hybridized carbons (Fsp3) is 0.833. The molecule has 0 heterocycles. The quantitative estimate of drug-likeness (QED) is 0.391. The van der Waals surface area contributed by atoms with E-state index in [0.717, 1.165) is 25.6 Å². The smallest absolute Gasteiger partial charge is 0.0468 e. The summed E-state index contributed by atoms with van der Waals surface area (Å²) in [6.07, 6.45) is 8.29. The summed E-state index contributed by atoms with van der Waals surface area (Å²) in [5.41, 5.74) is 0. The van der Waals surface area contributed by atoms with E-state index in [1.165, 1.54) is 25.7 Å². The average Bonchev–Trinajstić information content (AvgIpc) is 2.16. The molecular weight excluding hydrogens is 160 g/mol. The zero-order chi connectivity index (χ0) is 9.94. The SMILES string of the molecule is C=CCCCC(CC)CCOCC. The van der Waals surface area contributed by atoms with Gasteiger partial charge in [-0.2, -0.15) is 0 Å². The summed E-state index contributed by atoms with van der Waals surface area (Å²) < 4.78 is 5.35. The zero-order valence-corrected chi connectivity index (χ0v) is 9.22. The van der Waals surface area contributed by atoms with Crippen molar-refractivity contribution >= 4 is 0 Å². The Morgan fingerprint density at radius 3 is 2.62 bits per heavy atom. The van der Waals surface area contributed by atoms with Gasteiger partial charge in [-0.1, -0.05) is 25.8 Å². The molecule has 13 heavy (non-hydrogen) atoms. The maximum Gasteiger partial charge on any atom is 0.0468 e. The summed E-state index contributed by atoms with van der Waals surface area (Å²) >= 11 is 0. The van der Waals surface area contributed by atoms with Crippen LogP contribution in [0.3, 0.4) is 0 Å². The van der Waals surface area contributed by atoms with Crippen LogP contribution >= 0.6 is 0 Å². The third-order valence-electron chi connectivity index (χ3n) is 2.47. The lowest BCUT2D eigenvalue weighted by atomic mass is 9.96. The first-order valence-corrected chi connectivity index (χ1v) is 5.53. The van der Waals surface area contributed by atoms with Crippen molar-refractivity contribution in [2.24, 2.45) is 5.92 Å². The molecule has 0 aromatic rings. The fourth-order valence-electron chi connectivity index (χ4n) is 1.50. The van der Waals surface area contributed by atoms with Crippen molar-refractivity contribution in [3.63, 3.8) is 0 Å². The van der Waals surface area contributed by atoms with Gasteiger partial charge in [0.05, 0.1) is 0 Å². The molecule has 0 spiro atoms. The molecule has 0 saturated heterocycles. The van der Waals surface area contributed by atoms with Gasteiger partial charge in [-0.05, 0) is 32.1 Å². The molecule has 0 aliphatic heterocycles. The van der Waals surface area contributed by atoms with Crippen molar-refractivity contribution < 1.29 is 4.74 Å². The standard InChI is InChI=1S/C12H24O/c1-4-7-8-9-12(5-2)10-11-13-6-3/h4,12H,1,5-11H2,2-3H3. The highest BCUT2D eigenvalue weighted by atomic mass is 16.5. The lowest BCUT2D eigenvalue weighted by Gasteiger charge is -2.13. The zero-order valence-electron chi connectivity index (χ0n) is 9.22. The Morgan fingerprint density at radius 2 is 2.08 bits per heavy atom. The molecule has 1 nitrogen and oxygen atoms in total. The second-order valence-electron chi connectivity index (χ2n) is 3.48. The van der Waals surface area contributed by atoms with Gasteiger partial charge in [-0.15, -0.1) is 6.58 Å². The molecule has 0 aromatic heterocycles. The number of hydrogen-bond donors (Lipinski definition) is 0. The van der Waals surface area contributed by atoms with E-state index in [9.17, 15) is 0 Å². The van der Waals surface area contributed by atoms with Crippen LogP contribution in [0.25, 0.3) is 0 Å². The Hall–Kier alpha value is -0.300. The van der Waals surface area contributed by atoms with Crippen LogP contribution in [-0.4, -0.2) is 13.2 Å². The third kappa shape index (κ3) is 8.04. The summed E-state index contributed by atoms with van der Waals surface area (Å²) in [6, 6.07) is 0. The van der Waals surface area contributed by atoms with Gasteiger partial charge in [-0.3, -0.25) is 0 Å². The first kappa shape index (κ1) is 12.7. The van der Waals surface area contributed by atoms with E-state index in [1.807, 2.05) is 6.08 Å². The molecule has 0 bridgehead atoms. The first-order valence-electron chi connectivity index (χ1n) is 5.53. The molecule has 0 saturated carbocycles. The maximum atomic E-state index is 5.35. The first-order chi connectivity index (χ1) is 6.35. The Kier molecular flexibility index (Phi) is 9.56. The Labute approximate surface area is 83.2 Å². The van der Waals surface area contributed by atoms with Crippen LogP contribution in [-0.2, 0) is 4.74 Å². The summed E-state index contributed by atoms with van der Waals surface area (Å²) in [5, 5.41) is 0. The van der Waals surface area contributed by atoms with E-state index in [2.05, 4.69) is 20.4 Å². The summed E-state index contributed by atoms with van der Waals surface area (Å²) in [7, 11) is 0. The number of ether oxygens (including phenoxy) is 1. The van der Waals surface area contributed by atoms with Crippen molar-refractivity contribution in [2.45, 2.75) is 46.0 Å². The predicted molar refractivity (Wildman–Crippen MR) is 58.9 cm³/mol. The molecule has 0 aliphatic rings. The molecule has 1 heteroatoms. The van der Waals surface area contributed by atoms with Crippen LogP contribution in [0.15, 0.2) is 12.7 Å². The maximum absolute atomic E-state index is 5.35. The van der Waals surface area contributed by atoms with Gasteiger partial charge in [-0.25, -0.2) is 0 Å². The number of unbranched alkanes of at least 4 members (excludes halogenated alkanes) is 1. The van der Waals surface area contributed by atoms with Crippen LogP contribution < -0.4 is 0 Å². The third-order valence-corrected chi connectivity index (χ3v) is 2.47. The average molecular weight is 184 g/mol. The minimum Gasteiger partial charge on any atom is -0.382 e.